The van der Waals surface area contributed by atoms with Crippen LogP contribution in [0.25, 0.3) is 10.9 Å². The van der Waals surface area contributed by atoms with E-state index in [0.717, 1.165) is 37.5 Å². The van der Waals surface area contributed by atoms with Crippen molar-refractivity contribution in [1.29, 1.82) is 0 Å². The van der Waals surface area contributed by atoms with Crippen molar-refractivity contribution in [3.8, 4) is 0 Å². The number of carboxylic acids is 1. The molecule has 0 bridgehead atoms. The number of nitrogens with two attached hydrogens (primary N) is 1. The Kier molecular flexibility index (Phi) is 4.64. The van der Waals surface area contributed by atoms with E-state index in [9.17, 15) is 14.7 Å². The number of aliphatic carboxylic acids is 1. The summed E-state index contributed by atoms with van der Waals surface area (Å²) in [7, 11) is 0. The van der Waals surface area contributed by atoms with Gasteiger partial charge in [-0.1, -0.05) is 37.5 Å². The number of fused-ring (bicyclic) bond motifs is 1. The lowest BCUT2D eigenvalue weighted by atomic mass is 9.84. The molecule has 0 aliphatic heterocycles. The first-order valence-electron chi connectivity index (χ1n) is 8.25. The monoisotopic (exact) mass is 327 g/mol. The molecular formula is C18H21N3O3. The number of aromatic nitrogens is 1. The largest absolute Gasteiger partial charge is 0.480 e. The lowest BCUT2D eigenvalue weighted by Crippen LogP contribution is -2.46. The lowest BCUT2D eigenvalue weighted by Gasteiger charge is -2.28. The summed E-state index contributed by atoms with van der Waals surface area (Å²) in [6, 6.07) is 8.13. The Morgan fingerprint density at radius 2 is 1.92 bits per heavy atom. The number of benzene rings is 1. The highest BCUT2D eigenvalue weighted by Crippen LogP contribution is 2.27. The van der Waals surface area contributed by atoms with Crippen molar-refractivity contribution in [3.63, 3.8) is 0 Å². The molecule has 6 nitrogen and oxygen atoms in total. The molecule has 0 saturated heterocycles. The van der Waals surface area contributed by atoms with Gasteiger partial charge in [-0.25, -0.2) is 9.78 Å². The van der Waals surface area contributed by atoms with Gasteiger partial charge in [0.1, 0.15) is 11.9 Å². The van der Waals surface area contributed by atoms with Crippen LogP contribution in [-0.4, -0.2) is 28.0 Å². The van der Waals surface area contributed by atoms with Gasteiger partial charge in [-0.3, -0.25) is 4.79 Å². The van der Waals surface area contributed by atoms with E-state index in [-0.39, 0.29) is 17.3 Å². The fraction of sp³-hybridized carbons (Fsp3) is 0.389. The van der Waals surface area contributed by atoms with Crippen LogP contribution in [0, 0.1) is 5.92 Å². The van der Waals surface area contributed by atoms with Crippen molar-refractivity contribution < 1.29 is 14.7 Å². The first-order chi connectivity index (χ1) is 11.6. The third kappa shape index (κ3) is 3.32. The zero-order valence-electron chi connectivity index (χ0n) is 13.4. The molecule has 2 aromatic rings. The zero-order valence-corrected chi connectivity index (χ0v) is 13.4. The van der Waals surface area contributed by atoms with Crippen molar-refractivity contribution >= 4 is 28.6 Å². The van der Waals surface area contributed by atoms with E-state index < -0.39 is 17.9 Å². The summed E-state index contributed by atoms with van der Waals surface area (Å²) in [5, 5.41) is 12.9. The average molecular weight is 327 g/mol. The van der Waals surface area contributed by atoms with Gasteiger partial charge < -0.3 is 16.2 Å². The Hall–Kier alpha value is -2.63. The Morgan fingerprint density at radius 1 is 1.21 bits per heavy atom. The Balaban J connectivity index is 1.84. The van der Waals surface area contributed by atoms with Gasteiger partial charge in [0.2, 0.25) is 0 Å². The van der Waals surface area contributed by atoms with Gasteiger partial charge in [-0.15, -0.1) is 0 Å². The molecule has 6 heteroatoms. The minimum atomic E-state index is -0.998. The topological polar surface area (TPSA) is 105 Å². The van der Waals surface area contributed by atoms with Crippen molar-refractivity contribution in [2.24, 2.45) is 5.92 Å². The molecule has 1 fully saturated rings. The predicted molar refractivity (Wildman–Crippen MR) is 91.6 cm³/mol. The number of amides is 1. The zero-order chi connectivity index (χ0) is 17.1. The maximum absolute atomic E-state index is 12.6. The molecule has 24 heavy (non-hydrogen) atoms. The second kappa shape index (κ2) is 6.86. The van der Waals surface area contributed by atoms with Gasteiger partial charge in [0.05, 0.1) is 11.1 Å². The summed E-state index contributed by atoms with van der Waals surface area (Å²) in [6.07, 6.45) is 4.78. The highest BCUT2D eigenvalue weighted by atomic mass is 16.4. The number of pyridine rings is 1. The van der Waals surface area contributed by atoms with Crippen LogP contribution < -0.4 is 11.1 Å². The molecule has 0 unspecified atom stereocenters. The fourth-order valence-electron chi connectivity index (χ4n) is 3.38. The fourth-order valence-corrected chi connectivity index (χ4v) is 3.38. The van der Waals surface area contributed by atoms with Crippen LogP contribution in [-0.2, 0) is 4.79 Å². The van der Waals surface area contributed by atoms with Crippen LogP contribution in [0.1, 0.15) is 42.5 Å². The number of carbonyl (C=O) groups excluding carboxylic acids is 1. The number of carboxylic acid groups (broad SMARTS) is 1. The van der Waals surface area contributed by atoms with Crippen LogP contribution in [0.2, 0.25) is 0 Å². The summed E-state index contributed by atoms with van der Waals surface area (Å²) < 4.78 is 0. The molecule has 0 spiro atoms. The quantitative estimate of drug-likeness (QED) is 0.800. The Bertz CT molecular complexity index is 769. The number of nitrogens with one attached hydrogen (secondary N) is 1. The van der Waals surface area contributed by atoms with E-state index in [4.69, 9.17) is 5.73 Å². The van der Waals surface area contributed by atoms with E-state index in [1.165, 1.54) is 0 Å². The van der Waals surface area contributed by atoms with Crippen molar-refractivity contribution in [3.05, 3.63) is 35.9 Å². The highest BCUT2D eigenvalue weighted by Gasteiger charge is 2.31. The Labute approximate surface area is 140 Å². The summed E-state index contributed by atoms with van der Waals surface area (Å²) in [5.74, 6) is -1.40. The van der Waals surface area contributed by atoms with Gasteiger partial charge in [0, 0.05) is 5.39 Å². The van der Waals surface area contributed by atoms with Gasteiger partial charge in [-0.2, -0.15) is 0 Å². The molecular weight excluding hydrogens is 306 g/mol. The first-order valence-corrected chi connectivity index (χ1v) is 8.25. The molecule has 1 aromatic heterocycles. The second-order valence-corrected chi connectivity index (χ2v) is 6.30. The summed E-state index contributed by atoms with van der Waals surface area (Å²) in [4.78, 5) is 28.4. The summed E-state index contributed by atoms with van der Waals surface area (Å²) in [5.41, 5.74) is 6.82. The van der Waals surface area contributed by atoms with Crippen molar-refractivity contribution in [1.82, 2.24) is 10.3 Å². The minimum Gasteiger partial charge on any atom is -0.480 e. The molecule has 1 aromatic carbocycles. The number of anilines is 1. The average Bonchev–Trinajstić information content (AvgIpc) is 2.59. The normalized spacial score (nSPS) is 16.7. The smallest absolute Gasteiger partial charge is 0.326 e. The SMILES string of the molecule is Nc1nc2ccccc2cc1C(=O)N[C@H](C(=O)O)C1CCCCC1. The van der Waals surface area contributed by atoms with E-state index in [0.29, 0.717) is 5.52 Å². The molecule has 1 aliphatic carbocycles. The number of hydrogen-bond acceptors (Lipinski definition) is 4. The highest BCUT2D eigenvalue weighted by molar-refractivity contribution is 6.03. The van der Waals surface area contributed by atoms with Crippen LogP contribution in [0.4, 0.5) is 5.82 Å². The number of nitrogens with zero attached hydrogens (tertiary/aromatic N) is 1. The predicted octanol–water partition coefficient (Wildman–Crippen LogP) is 2.58. The molecule has 1 amide bonds. The van der Waals surface area contributed by atoms with Gasteiger partial charge in [0.15, 0.2) is 0 Å². The van der Waals surface area contributed by atoms with Crippen LogP contribution in [0.5, 0.6) is 0 Å². The molecule has 3 rings (SSSR count). The number of carbonyl (C=O) groups is 2. The molecule has 1 atom stereocenters. The maximum atomic E-state index is 12.6. The van der Waals surface area contributed by atoms with Gasteiger partial charge in [-0.05, 0) is 30.9 Å². The van der Waals surface area contributed by atoms with Gasteiger partial charge >= 0.3 is 5.97 Å². The number of para-hydroxylation sites is 1. The minimum absolute atomic E-state index is 0.0326. The van der Waals surface area contributed by atoms with Crippen LogP contribution in [0.15, 0.2) is 30.3 Å². The molecule has 4 N–H and O–H groups in total. The first kappa shape index (κ1) is 16.2. The standard InChI is InChI=1S/C18H21N3O3/c19-16-13(10-12-8-4-5-9-14(12)20-16)17(22)21-15(18(23)24)11-6-2-1-3-7-11/h4-5,8-11,15H,1-3,6-7H2,(H2,19,20)(H,21,22)(H,23,24)/t15-/m0/s1. The molecule has 1 saturated carbocycles. The van der Waals surface area contributed by atoms with Gasteiger partial charge in [0.25, 0.3) is 5.91 Å². The molecule has 126 valence electrons. The number of rotatable bonds is 4. The third-order valence-corrected chi connectivity index (χ3v) is 4.67. The van der Waals surface area contributed by atoms with Crippen LogP contribution >= 0.6 is 0 Å². The lowest BCUT2D eigenvalue weighted by molar-refractivity contribution is -0.141. The van der Waals surface area contributed by atoms with Crippen LogP contribution in [0.3, 0.4) is 0 Å². The number of hydrogen-bond donors (Lipinski definition) is 3. The molecule has 1 aliphatic rings. The molecule has 1 heterocycles. The second-order valence-electron chi connectivity index (χ2n) is 6.30. The summed E-state index contributed by atoms with van der Waals surface area (Å²) >= 11 is 0. The number of nitrogen functional groups attached to an aromatic ring is 1. The maximum Gasteiger partial charge on any atom is 0.326 e. The third-order valence-electron chi connectivity index (χ3n) is 4.67. The molecule has 0 radical (unpaired) electrons. The summed E-state index contributed by atoms with van der Waals surface area (Å²) in [6.45, 7) is 0. The van der Waals surface area contributed by atoms with E-state index in [1.54, 1.807) is 6.07 Å². The van der Waals surface area contributed by atoms with Crippen molar-refractivity contribution in [2.45, 2.75) is 38.1 Å². The van der Waals surface area contributed by atoms with Crippen molar-refractivity contribution in [2.75, 3.05) is 5.73 Å². The van der Waals surface area contributed by atoms with E-state index >= 15 is 0 Å². The van der Waals surface area contributed by atoms with E-state index in [1.807, 2.05) is 24.3 Å². The van der Waals surface area contributed by atoms with E-state index in [2.05, 4.69) is 10.3 Å². The Morgan fingerprint density at radius 3 is 2.62 bits per heavy atom.